The van der Waals surface area contributed by atoms with Gasteiger partial charge in [0.2, 0.25) is 0 Å². The number of hydrogen-bond donors (Lipinski definition) is 0. The third-order valence-electron chi connectivity index (χ3n) is 3.77. The van der Waals surface area contributed by atoms with Crippen molar-refractivity contribution in [2.24, 2.45) is 0 Å². The van der Waals surface area contributed by atoms with Gasteiger partial charge in [0.05, 0.1) is 0 Å². The molecule has 0 nitrogen and oxygen atoms in total. The SMILES string of the molecule is Cc1cccc(C(=Cc2ccccc2)c2cccc(C)c2)c1. The van der Waals surface area contributed by atoms with Crippen molar-refractivity contribution >= 4 is 11.6 Å². The van der Waals surface area contributed by atoms with Gasteiger partial charge in [0.15, 0.2) is 0 Å². The highest BCUT2D eigenvalue weighted by Gasteiger charge is 2.06. The molecule has 0 spiro atoms. The molecule has 0 unspecified atom stereocenters. The van der Waals surface area contributed by atoms with Crippen LogP contribution in [0.4, 0.5) is 0 Å². The fourth-order valence-electron chi connectivity index (χ4n) is 2.67. The van der Waals surface area contributed by atoms with Crippen LogP contribution in [0.25, 0.3) is 11.6 Å². The van der Waals surface area contributed by atoms with Crippen LogP contribution in [-0.2, 0) is 0 Å². The second-order valence-electron chi connectivity index (χ2n) is 5.71. The average molecular weight is 284 g/mol. The Morgan fingerprint density at radius 3 is 1.68 bits per heavy atom. The summed E-state index contributed by atoms with van der Waals surface area (Å²) in [6.45, 7) is 4.28. The van der Waals surface area contributed by atoms with Gasteiger partial charge in [0.25, 0.3) is 0 Å². The maximum absolute atomic E-state index is 2.27. The van der Waals surface area contributed by atoms with Gasteiger partial charge < -0.3 is 0 Å². The number of benzene rings is 3. The Hall–Kier alpha value is -2.60. The quantitative estimate of drug-likeness (QED) is 0.526. The molecule has 0 saturated carbocycles. The lowest BCUT2D eigenvalue weighted by Gasteiger charge is -2.11. The first-order chi connectivity index (χ1) is 10.7. The first-order valence-corrected chi connectivity index (χ1v) is 7.63. The van der Waals surface area contributed by atoms with E-state index in [2.05, 4.69) is 98.8 Å². The highest BCUT2D eigenvalue weighted by atomic mass is 14.1. The van der Waals surface area contributed by atoms with Crippen molar-refractivity contribution in [1.82, 2.24) is 0 Å². The first kappa shape index (κ1) is 14.3. The van der Waals surface area contributed by atoms with Gasteiger partial charge in [0, 0.05) is 0 Å². The van der Waals surface area contributed by atoms with Gasteiger partial charge in [-0.2, -0.15) is 0 Å². The zero-order chi connectivity index (χ0) is 15.4. The summed E-state index contributed by atoms with van der Waals surface area (Å²) in [6.07, 6.45) is 2.27. The van der Waals surface area contributed by atoms with Crippen LogP contribution in [0.15, 0.2) is 78.9 Å². The number of rotatable bonds is 3. The van der Waals surface area contributed by atoms with E-state index in [0.717, 1.165) is 0 Å². The molecular weight excluding hydrogens is 264 g/mol. The van der Waals surface area contributed by atoms with E-state index in [0.29, 0.717) is 0 Å². The van der Waals surface area contributed by atoms with Crippen molar-refractivity contribution in [2.45, 2.75) is 13.8 Å². The van der Waals surface area contributed by atoms with Crippen molar-refractivity contribution < 1.29 is 0 Å². The summed E-state index contributed by atoms with van der Waals surface area (Å²) in [5.41, 5.74) is 7.57. The van der Waals surface area contributed by atoms with Gasteiger partial charge in [-0.05, 0) is 42.2 Å². The topological polar surface area (TPSA) is 0 Å². The van der Waals surface area contributed by atoms with Crippen molar-refractivity contribution in [2.75, 3.05) is 0 Å². The third kappa shape index (κ3) is 3.35. The molecule has 0 fully saturated rings. The predicted molar refractivity (Wildman–Crippen MR) is 95.8 cm³/mol. The van der Waals surface area contributed by atoms with Gasteiger partial charge in [-0.1, -0.05) is 90.0 Å². The van der Waals surface area contributed by atoms with Crippen LogP contribution in [0.1, 0.15) is 27.8 Å². The van der Waals surface area contributed by atoms with Crippen LogP contribution in [0.2, 0.25) is 0 Å². The lowest BCUT2D eigenvalue weighted by atomic mass is 9.94. The summed E-state index contributed by atoms with van der Waals surface area (Å²) in [7, 11) is 0. The molecule has 0 atom stereocenters. The van der Waals surface area contributed by atoms with Gasteiger partial charge in [-0.15, -0.1) is 0 Å². The summed E-state index contributed by atoms with van der Waals surface area (Å²) < 4.78 is 0. The maximum atomic E-state index is 2.27. The van der Waals surface area contributed by atoms with E-state index in [-0.39, 0.29) is 0 Å². The number of aryl methyl sites for hydroxylation is 2. The average Bonchev–Trinajstić information content (AvgIpc) is 2.53. The minimum Gasteiger partial charge on any atom is -0.0622 e. The van der Waals surface area contributed by atoms with Gasteiger partial charge in [-0.25, -0.2) is 0 Å². The van der Waals surface area contributed by atoms with Crippen LogP contribution in [-0.4, -0.2) is 0 Å². The van der Waals surface area contributed by atoms with E-state index < -0.39 is 0 Å². The molecule has 22 heavy (non-hydrogen) atoms. The zero-order valence-electron chi connectivity index (χ0n) is 13.1. The normalized spacial score (nSPS) is 10.3. The summed E-state index contributed by atoms with van der Waals surface area (Å²) >= 11 is 0. The molecule has 0 amide bonds. The van der Waals surface area contributed by atoms with E-state index in [1.807, 2.05) is 0 Å². The third-order valence-corrected chi connectivity index (χ3v) is 3.77. The fraction of sp³-hybridized carbons (Fsp3) is 0.0909. The van der Waals surface area contributed by atoms with Crippen LogP contribution < -0.4 is 0 Å². The molecule has 0 radical (unpaired) electrons. The van der Waals surface area contributed by atoms with Gasteiger partial charge in [-0.3, -0.25) is 0 Å². The van der Waals surface area contributed by atoms with Crippen LogP contribution >= 0.6 is 0 Å². The summed E-state index contributed by atoms with van der Waals surface area (Å²) in [4.78, 5) is 0. The molecule has 3 aromatic carbocycles. The smallest absolute Gasteiger partial charge is 0.0105 e. The molecule has 0 aliphatic rings. The molecule has 0 aliphatic heterocycles. The molecule has 0 heteroatoms. The van der Waals surface area contributed by atoms with Gasteiger partial charge >= 0.3 is 0 Å². The highest BCUT2D eigenvalue weighted by Crippen LogP contribution is 2.27. The highest BCUT2D eigenvalue weighted by molar-refractivity contribution is 5.91. The van der Waals surface area contributed by atoms with E-state index >= 15 is 0 Å². The fourth-order valence-corrected chi connectivity index (χ4v) is 2.67. The predicted octanol–water partition coefficient (Wildman–Crippen LogP) is 5.89. The number of hydrogen-bond acceptors (Lipinski definition) is 0. The lowest BCUT2D eigenvalue weighted by Crippen LogP contribution is -1.90. The minimum absolute atomic E-state index is 1.22. The van der Waals surface area contributed by atoms with E-state index in [1.165, 1.54) is 33.4 Å². The Kier molecular flexibility index (Phi) is 4.20. The van der Waals surface area contributed by atoms with Crippen LogP contribution in [0, 0.1) is 13.8 Å². The first-order valence-electron chi connectivity index (χ1n) is 7.63. The van der Waals surface area contributed by atoms with Gasteiger partial charge in [0.1, 0.15) is 0 Å². The summed E-state index contributed by atoms with van der Waals surface area (Å²) in [5.74, 6) is 0. The molecule has 0 saturated heterocycles. The molecular formula is C22H20. The zero-order valence-corrected chi connectivity index (χ0v) is 13.1. The monoisotopic (exact) mass is 284 g/mol. The van der Waals surface area contributed by atoms with Crippen molar-refractivity contribution in [1.29, 1.82) is 0 Å². The molecule has 0 bridgehead atoms. The Morgan fingerprint density at radius 2 is 1.18 bits per heavy atom. The van der Waals surface area contributed by atoms with Crippen LogP contribution in [0.3, 0.4) is 0 Å². The molecule has 3 rings (SSSR count). The molecule has 0 N–H and O–H groups in total. The van der Waals surface area contributed by atoms with Crippen LogP contribution in [0.5, 0.6) is 0 Å². The molecule has 108 valence electrons. The van der Waals surface area contributed by atoms with Crippen molar-refractivity contribution in [3.63, 3.8) is 0 Å². The Morgan fingerprint density at radius 1 is 0.636 bits per heavy atom. The standard InChI is InChI=1S/C22H20/c1-17-8-6-12-20(14-17)22(16-19-10-4-3-5-11-19)21-13-7-9-18(2)15-21/h3-16H,1-2H3. The minimum atomic E-state index is 1.22. The molecule has 0 aliphatic carbocycles. The van der Waals surface area contributed by atoms with Crippen molar-refractivity contribution in [3.8, 4) is 0 Å². The second kappa shape index (κ2) is 6.44. The van der Waals surface area contributed by atoms with Crippen molar-refractivity contribution in [3.05, 3.63) is 107 Å². The van der Waals surface area contributed by atoms with E-state index in [4.69, 9.17) is 0 Å². The largest absolute Gasteiger partial charge is 0.0622 e. The summed E-state index contributed by atoms with van der Waals surface area (Å²) in [5, 5.41) is 0. The Labute approximate surface area is 132 Å². The van der Waals surface area contributed by atoms with E-state index in [9.17, 15) is 0 Å². The lowest BCUT2D eigenvalue weighted by molar-refractivity contribution is 1.42. The maximum Gasteiger partial charge on any atom is -0.0105 e. The molecule has 3 aromatic rings. The molecule has 0 heterocycles. The Balaban J connectivity index is 2.16. The molecule has 0 aromatic heterocycles. The second-order valence-corrected chi connectivity index (χ2v) is 5.71. The van der Waals surface area contributed by atoms with E-state index in [1.54, 1.807) is 0 Å². The summed E-state index contributed by atoms with van der Waals surface area (Å²) in [6, 6.07) is 27.9. The Bertz CT molecular complexity index is 748.